The molecule has 0 radical (unpaired) electrons. The summed E-state index contributed by atoms with van der Waals surface area (Å²) < 4.78 is 37.8. The van der Waals surface area contributed by atoms with Crippen molar-refractivity contribution < 1.29 is 18.3 Å². The predicted molar refractivity (Wildman–Crippen MR) is 73.1 cm³/mol. The van der Waals surface area contributed by atoms with Crippen LogP contribution in [0.1, 0.15) is 25.8 Å². The van der Waals surface area contributed by atoms with Gasteiger partial charge in [0.25, 0.3) is 0 Å². The van der Waals surface area contributed by atoms with Crippen LogP contribution in [0.5, 0.6) is 0 Å². The number of aliphatic hydroxyl groups excluding tert-OH is 1. The molecule has 0 amide bonds. The quantitative estimate of drug-likeness (QED) is 0.838. The highest BCUT2D eigenvalue weighted by atomic mass is 79.9. The molecule has 1 unspecified atom stereocenters. The van der Waals surface area contributed by atoms with Crippen molar-refractivity contribution >= 4 is 21.6 Å². The minimum Gasteiger partial charge on any atom is -0.391 e. The average molecular weight is 340 g/mol. The van der Waals surface area contributed by atoms with Gasteiger partial charge in [0.2, 0.25) is 0 Å². The summed E-state index contributed by atoms with van der Waals surface area (Å²) in [4.78, 5) is 0. The Balaban J connectivity index is 2.66. The van der Waals surface area contributed by atoms with Crippen LogP contribution in [0.3, 0.4) is 0 Å². The normalized spacial score (nSPS) is 13.7. The summed E-state index contributed by atoms with van der Waals surface area (Å²) in [5.74, 6) is 0.368. The first-order valence-corrected chi connectivity index (χ1v) is 6.78. The van der Waals surface area contributed by atoms with Crippen LogP contribution in [-0.2, 0) is 6.18 Å². The molecule has 0 bridgehead atoms. The van der Waals surface area contributed by atoms with E-state index in [9.17, 15) is 18.3 Å². The Hall–Kier alpha value is -0.750. The van der Waals surface area contributed by atoms with Crippen LogP contribution in [0.2, 0.25) is 0 Å². The lowest BCUT2D eigenvalue weighted by atomic mass is 10.1. The second-order valence-electron chi connectivity index (χ2n) is 4.86. The summed E-state index contributed by atoms with van der Waals surface area (Å²) in [5.41, 5.74) is -0.163. The van der Waals surface area contributed by atoms with Crippen molar-refractivity contribution in [3.05, 3.63) is 28.2 Å². The number of hydrogen-bond acceptors (Lipinski definition) is 2. The van der Waals surface area contributed by atoms with Crippen LogP contribution in [-0.4, -0.2) is 17.8 Å². The summed E-state index contributed by atoms with van der Waals surface area (Å²) in [7, 11) is 0. The van der Waals surface area contributed by atoms with Gasteiger partial charge in [0.1, 0.15) is 0 Å². The molecule has 0 fully saturated rings. The van der Waals surface area contributed by atoms with E-state index >= 15 is 0 Å². The molecule has 0 aliphatic carbocycles. The first kappa shape index (κ1) is 16.3. The predicted octanol–water partition coefficient (Wildman–Crippen LogP) is 4.29. The van der Waals surface area contributed by atoms with Gasteiger partial charge in [0.15, 0.2) is 0 Å². The number of aliphatic hydroxyl groups is 1. The van der Waals surface area contributed by atoms with Gasteiger partial charge < -0.3 is 10.4 Å². The van der Waals surface area contributed by atoms with E-state index in [1.54, 1.807) is 0 Å². The lowest BCUT2D eigenvalue weighted by Gasteiger charge is -2.16. The van der Waals surface area contributed by atoms with E-state index in [0.29, 0.717) is 29.0 Å². The largest absolute Gasteiger partial charge is 0.416 e. The number of alkyl halides is 3. The Bertz CT molecular complexity index is 421. The van der Waals surface area contributed by atoms with Crippen LogP contribution in [0.25, 0.3) is 0 Å². The van der Waals surface area contributed by atoms with Gasteiger partial charge in [-0.1, -0.05) is 13.8 Å². The molecule has 1 atom stereocenters. The minimum absolute atomic E-state index is 0.308. The van der Waals surface area contributed by atoms with Crippen LogP contribution in [0, 0.1) is 5.92 Å². The third-order valence-corrected chi connectivity index (χ3v) is 3.22. The fourth-order valence-corrected chi connectivity index (χ4v) is 2.21. The molecule has 0 saturated heterocycles. The summed E-state index contributed by atoms with van der Waals surface area (Å²) in [6.07, 6.45) is -4.22. The van der Waals surface area contributed by atoms with Gasteiger partial charge in [0, 0.05) is 16.7 Å². The molecular formula is C13H17BrF3NO. The van der Waals surface area contributed by atoms with E-state index < -0.39 is 17.8 Å². The van der Waals surface area contributed by atoms with E-state index in [1.165, 1.54) is 6.07 Å². The smallest absolute Gasteiger partial charge is 0.391 e. The molecule has 0 aromatic heterocycles. The van der Waals surface area contributed by atoms with Crippen molar-refractivity contribution in [2.24, 2.45) is 5.92 Å². The maximum Gasteiger partial charge on any atom is 0.416 e. The molecule has 19 heavy (non-hydrogen) atoms. The Morgan fingerprint density at radius 3 is 2.42 bits per heavy atom. The molecule has 2 N–H and O–H groups in total. The zero-order valence-corrected chi connectivity index (χ0v) is 12.3. The van der Waals surface area contributed by atoms with Crippen LogP contribution in [0.15, 0.2) is 22.7 Å². The molecule has 0 spiro atoms. The lowest BCUT2D eigenvalue weighted by Crippen LogP contribution is -2.21. The van der Waals surface area contributed by atoms with Gasteiger partial charge in [-0.05, 0) is 46.5 Å². The van der Waals surface area contributed by atoms with Gasteiger partial charge >= 0.3 is 6.18 Å². The Morgan fingerprint density at radius 2 is 1.95 bits per heavy atom. The molecule has 0 aliphatic rings. The highest BCUT2D eigenvalue weighted by Gasteiger charge is 2.30. The fraction of sp³-hybridized carbons (Fsp3) is 0.538. The highest BCUT2D eigenvalue weighted by Crippen LogP contribution is 2.33. The third kappa shape index (κ3) is 5.40. The number of rotatable bonds is 5. The third-order valence-electron chi connectivity index (χ3n) is 2.57. The van der Waals surface area contributed by atoms with E-state index in [0.717, 1.165) is 12.1 Å². The minimum atomic E-state index is -4.35. The van der Waals surface area contributed by atoms with Gasteiger partial charge in [-0.3, -0.25) is 0 Å². The van der Waals surface area contributed by atoms with Crippen LogP contribution >= 0.6 is 15.9 Å². The van der Waals surface area contributed by atoms with Crippen molar-refractivity contribution in [2.75, 3.05) is 11.9 Å². The SMILES string of the molecule is CC(C)CC(O)CNc1ccc(C(F)(F)F)cc1Br. The van der Waals surface area contributed by atoms with Crippen LogP contribution < -0.4 is 5.32 Å². The van der Waals surface area contributed by atoms with Gasteiger partial charge in [-0.25, -0.2) is 0 Å². The van der Waals surface area contributed by atoms with Crippen molar-refractivity contribution in [2.45, 2.75) is 32.5 Å². The Kier molecular flexibility index (Phi) is 5.67. The number of benzene rings is 1. The summed E-state index contributed by atoms with van der Waals surface area (Å²) in [6.45, 7) is 4.30. The van der Waals surface area contributed by atoms with Gasteiger partial charge in [-0.15, -0.1) is 0 Å². The van der Waals surface area contributed by atoms with Crippen molar-refractivity contribution in [3.8, 4) is 0 Å². The zero-order chi connectivity index (χ0) is 14.6. The molecule has 2 nitrogen and oxygen atoms in total. The van der Waals surface area contributed by atoms with Crippen LogP contribution in [0.4, 0.5) is 18.9 Å². The molecule has 1 rings (SSSR count). The second-order valence-corrected chi connectivity index (χ2v) is 5.71. The van der Waals surface area contributed by atoms with Crippen molar-refractivity contribution in [3.63, 3.8) is 0 Å². The molecular weight excluding hydrogens is 323 g/mol. The maximum absolute atomic E-state index is 12.5. The first-order chi connectivity index (χ1) is 8.70. The Morgan fingerprint density at radius 1 is 1.32 bits per heavy atom. The van der Waals surface area contributed by atoms with Gasteiger partial charge in [-0.2, -0.15) is 13.2 Å². The number of hydrogen-bond donors (Lipinski definition) is 2. The number of anilines is 1. The average Bonchev–Trinajstić information content (AvgIpc) is 2.25. The summed E-state index contributed by atoms with van der Waals surface area (Å²) in [6, 6.07) is 3.40. The van der Waals surface area contributed by atoms with Crippen molar-refractivity contribution in [1.82, 2.24) is 0 Å². The molecule has 0 heterocycles. The molecule has 1 aromatic carbocycles. The molecule has 0 aliphatic heterocycles. The fourth-order valence-electron chi connectivity index (χ4n) is 1.69. The first-order valence-electron chi connectivity index (χ1n) is 5.99. The van der Waals surface area contributed by atoms with E-state index in [4.69, 9.17) is 0 Å². The van der Waals surface area contributed by atoms with E-state index in [2.05, 4.69) is 21.2 Å². The van der Waals surface area contributed by atoms with Gasteiger partial charge in [0.05, 0.1) is 11.7 Å². The number of halogens is 4. The van der Waals surface area contributed by atoms with E-state index in [1.807, 2.05) is 13.8 Å². The maximum atomic E-state index is 12.5. The Labute approximate surface area is 119 Å². The monoisotopic (exact) mass is 339 g/mol. The summed E-state index contributed by atoms with van der Waals surface area (Å²) >= 11 is 3.10. The molecule has 0 saturated carbocycles. The van der Waals surface area contributed by atoms with E-state index in [-0.39, 0.29) is 0 Å². The molecule has 6 heteroatoms. The lowest BCUT2D eigenvalue weighted by molar-refractivity contribution is -0.137. The number of nitrogens with one attached hydrogen (secondary N) is 1. The molecule has 108 valence electrons. The standard InChI is InChI=1S/C13H17BrF3NO/c1-8(2)5-10(19)7-18-12-4-3-9(6-11(12)14)13(15,16)17/h3-4,6,8,10,18-19H,5,7H2,1-2H3. The molecule has 1 aromatic rings. The van der Waals surface area contributed by atoms with Crippen molar-refractivity contribution in [1.29, 1.82) is 0 Å². The zero-order valence-electron chi connectivity index (χ0n) is 10.8. The highest BCUT2D eigenvalue weighted by molar-refractivity contribution is 9.10. The second kappa shape index (κ2) is 6.61. The summed E-state index contributed by atoms with van der Waals surface area (Å²) in [5, 5.41) is 12.6. The topological polar surface area (TPSA) is 32.3 Å².